The maximum Gasteiger partial charge on any atom is 0.230 e. The number of hydrogen-bond acceptors (Lipinski definition) is 4. The Kier molecular flexibility index (Phi) is 2.75. The van der Waals surface area contributed by atoms with Gasteiger partial charge in [0, 0.05) is 6.42 Å². The Morgan fingerprint density at radius 2 is 2.40 bits per heavy atom. The van der Waals surface area contributed by atoms with Crippen molar-refractivity contribution in [2.75, 3.05) is 13.7 Å². The molecule has 2 aromatic heterocycles. The Hall–Kier alpha value is -1.33. The number of ether oxygens (including phenoxy) is 1. The predicted octanol–water partition coefficient (Wildman–Crippen LogP) is 0.892. The van der Waals surface area contributed by atoms with Crippen molar-refractivity contribution in [1.29, 1.82) is 0 Å². The molecule has 15 heavy (non-hydrogen) atoms. The summed E-state index contributed by atoms with van der Waals surface area (Å²) in [4.78, 5) is 8.35. The van der Waals surface area contributed by atoms with Crippen molar-refractivity contribution in [3.63, 3.8) is 0 Å². The molecule has 0 aliphatic rings. The topological polar surface area (TPSA) is 65.4 Å². The van der Waals surface area contributed by atoms with Crippen LogP contribution in [0.1, 0.15) is 5.69 Å². The molecule has 80 valence electrons. The zero-order valence-electron chi connectivity index (χ0n) is 8.27. The van der Waals surface area contributed by atoms with E-state index in [2.05, 4.69) is 9.97 Å². The van der Waals surface area contributed by atoms with Gasteiger partial charge in [-0.25, -0.2) is 9.97 Å². The molecule has 0 saturated heterocycles. The average molecular weight is 227 g/mol. The fourth-order valence-electron chi connectivity index (χ4n) is 1.36. The number of aromatic nitrogens is 3. The molecule has 2 N–H and O–H groups in total. The summed E-state index contributed by atoms with van der Waals surface area (Å²) in [6.45, 7) is 0.522. The van der Waals surface area contributed by atoms with Gasteiger partial charge in [-0.3, -0.25) is 4.40 Å². The molecule has 0 amide bonds. The summed E-state index contributed by atoms with van der Waals surface area (Å²) in [6, 6.07) is 0. The van der Waals surface area contributed by atoms with Crippen molar-refractivity contribution in [3.05, 3.63) is 23.2 Å². The Balaban J connectivity index is 2.56. The predicted molar refractivity (Wildman–Crippen MR) is 57.3 cm³/mol. The van der Waals surface area contributed by atoms with E-state index in [4.69, 9.17) is 22.1 Å². The van der Waals surface area contributed by atoms with Crippen LogP contribution in [-0.4, -0.2) is 28.0 Å². The lowest BCUT2D eigenvalue weighted by atomic mass is 10.3. The number of nitrogens with zero attached hydrogens (tertiary/aromatic N) is 3. The Bertz CT molecular complexity index is 482. The molecule has 0 aliphatic carbocycles. The molecule has 0 saturated carbocycles. The van der Waals surface area contributed by atoms with Gasteiger partial charge in [-0.15, -0.1) is 0 Å². The molecule has 0 fully saturated rings. The fourth-order valence-corrected chi connectivity index (χ4v) is 1.63. The second-order valence-electron chi connectivity index (χ2n) is 3.05. The monoisotopic (exact) mass is 226 g/mol. The number of methoxy groups -OCH3 is 1. The minimum absolute atomic E-state index is 0.501. The van der Waals surface area contributed by atoms with Gasteiger partial charge >= 0.3 is 0 Å². The van der Waals surface area contributed by atoms with Gasteiger partial charge in [0.05, 0.1) is 25.2 Å². The first-order chi connectivity index (χ1) is 7.26. The van der Waals surface area contributed by atoms with E-state index in [0.29, 0.717) is 29.6 Å². The van der Waals surface area contributed by atoms with E-state index in [9.17, 15) is 0 Å². The molecule has 0 unspecified atom stereocenters. The Labute approximate surface area is 91.8 Å². The first-order valence-electron chi connectivity index (χ1n) is 4.52. The molecule has 5 nitrogen and oxygen atoms in total. The van der Waals surface area contributed by atoms with Crippen molar-refractivity contribution >= 4 is 17.2 Å². The zero-order valence-corrected chi connectivity index (χ0v) is 9.03. The van der Waals surface area contributed by atoms with Gasteiger partial charge in [0.2, 0.25) is 5.88 Å². The third kappa shape index (κ3) is 1.75. The molecule has 2 aromatic rings. The molecular weight excluding hydrogens is 216 g/mol. The van der Waals surface area contributed by atoms with Crippen LogP contribution in [0.5, 0.6) is 5.88 Å². The summed E-state index contributed by atoms with van der Waals surface area (Å²) >= 11 is 6.13. The van der Waals surface area contributed by atoms with E-state index in [1.807, 2.05) is 0 Å². The number of nitrogens with two attached hydrogens (primary N) is 1. The van der Waals surface area contributed by atoms with Crippen molar-refractivity contribution < 1.29 is 4.74 Å². The quantitative estimate of drug-likeness (QED) is 0.844. The summed E-state index contributed by atoms with van der Waals surface area (Å²) in [7, 11) is 1.56. The van der Waals surface area contributed by atoms with Crippen LogP contribution in [0.25, 0.3) is 5.65 Å². The van der Waals surface area contributed by atoms with E-state index in [0.717, 1.165) is 5.69 Å². The van der Waals surface area contributed by atoms with Gasteiger partial charge in [-0.1, -0.05) is 11.6 Å². The van der Waals surface area contributed by atoms with Gasteiger partial charge in [-0.2, -0.15) is 0 Å². The van der Waals surface area contributed by atoms with E-state index < -0.39 is 0 Å². The van der Waals surface area contributed by atoms with Crippen LogP contribution in [0.4, 0.5) is 0 Å². The van der Waals surface area contributed by atoms with Gasteiger partial charge in [-0.05, 0) is 6.54 Å². The lowest BCUT2D eigenvalue weighted by Crippen LogP contribution is -2.03. The van der Waals surface area contributed by atoms with Crippen molar-refractivity contribution in [2.45, 2.75) is 6.42 Å². The van der Waals surface area contributed by atoms with Crippen molar-refractivity contribution in [3.8, 4) is 5.88 Å². The van der Waals surface area contributed by atoms with Gasteiger partial charge in [0.1, 0.15) is 5.15 Å². The first kappa shape index (κ1) is 10.2. The molecule has 6 heteroatoms. The van der Waals surface area contributed by atoms with Crippen LogP contribution in [0.3, 0.4) is 0 Å². The maximum atomic E-state index is 6.13. The third-order valence-electron chi connectivity index (χ3n) is 2.08. The van der Waals surface area contributed by atoms with Crippen LogP contribution in [-0.2, 0) is 6.42 Å². The van der Waals surface area contributed by atoms with Gasteiger partial charge in [0.15, 0.2) is 5.65 Å². The minimum Gasteiger partial charge on any atom is -0.480 e. The molecule has 2 heterocycles. The van der Waals surface area contributed by atoms with Gasteiger partial charge in [0.25, 0.3) is 0 Å². The molecular formula is C9H11ClN4O. The lowest BCUT2D eigenvalue weighted by molar-refractivity contribution is 0.395. The summed E-state index contributed by atoms with van der Waals surface area (Å²) in [5.74, 6) is 0.501. The van der Waals surface area contributed by atoms with Crippen LogP contribution < -0.4 is 10.5 Å². The highest BCUT2D eigenvalue weighted by molar-refractivity contribution is 6.30. The number of halogens is 1. The standard InChI is InChI=1S/C9H11ClN4O/c1-15-8-5-14-7(4-12-8)13-6(2-3-11)9(14)10/h4-5H,2-3,11H2,1H3. The maximum absolute atomic E-state index is 6.13. The van der Waals surface area contributed by atoms with E-state index in [1.54, 1.807) is 23.9 Å². The molecule has 0 aliphatic heterocycles. The van der Waals surface area contributed by atoms with Crippen molar-refractivity contribution in [2.24, 2.45) is 5.73 Å². The van der Waals surface area contributed by atoms with Crippen LogP contribution in [0.15, 0.2) is 12.4 Å². The molecule has 0 radical (unpaired) electrons. The molecule has 2 rings (SSSR count). The average Bonchev–Trinajstić information content (AvgIpc) is 2.56. The van der Waals surface area contributed by atoms with Gasteiger partial charge < -0.3 is 10.5 Å². The molecule has 0 atom stereocenters. The largest absolute Gasteiger partial charge is 0.480 e. The first-order valence-corrected chi connectivity index (χ1v) is 4.90. The highest BCUT2D eigenvalue weighted by Crippen LogP contribution is 2.19. The number of imidazole rings is 1. The molecule has 0 aromatic carbocycles. The number of hydrogen-bond donors (Lipinski definition) is 1. The summed E-state index contributed by atoms with van der Waals surface area (Å²) < 4.78 is 6.74. The third-order valence-corrected chi connectivity index (χ3v) is 2.48. The summed E-state index contributed by atoms with van der Waals surface area (Å²) in [5, 5.41) is 0.566. The number of fused-ring (bicyclic) bond motifs is 1. The lowest BCUT2D eigenvalue weighted by Gasteiger charge is -1.99. The fraction of sp³-hybridized carbons (Fsp3) is 0.333. The zero-order chi connectivity index (χ0) is 10.8. The normalized spacial score (nSPS) is 10.9. The SMILES string of the molecule is COc1cn2c(Cl)c(CCN)nc2cn1. The van der Waals surface area contributed by atoms with Crippen LogP contribution in [0, 0.1) is 0 Å². The van der Waals surface area contributed by atoms with E-state index >= 15 is 0 Å². The summed E-state index contributed by atoms with van der Waals surface area (Å²) in [5.41, 5.74) is 6.94. The number of rotatable bonds is 3. The Morgan fingerprint density at radius 3 is 3.07 bits per heavy atom. The smallest absolute Gasteiger partial charge is 0.230 e. The summed E-state index contributed by atoms with van der Waals surface area (Å²) in [6.07, 6.45) is 3.97. The van der Waals surface area contributed by atoms with E-state index in [-0.39, 0.29) is 0 Å². The van der Waals surface area contributed by atoms with E-state index in [1.165, 1.54) is 0 Å². The van der Waals surface area contributed by atoms with Crippen LogP contribution in [0.2, 0.25) is 5.15 Å². The molecule has 0 bridgehead atoms. The second-order valence-corrected chi connectivity index (χ2v) is 3.40. The second kappa shape index (κ2) is 4.04. The Morgan fingerprint density at radius 1 is 1.60 bits per heavy atom. The molecule has 0 spiro atoms. The minimum atomic E-state index is 0.501. The van der Waals surface area contributed by atoms with Crippen molar-refractivity contribution in [1.82, 2.24) is 14.4 Å². The highest BCUT2D eigenvalue weighted by atomic mass is 35.5. The highest BCUT2D eigenvalue weighted by Gasteiger charge is 2.10. The van der Waals surface area contributed by atoms with Crippen LogP contribution >= 0.6 is 11.6 Å².